The van der Waals surface area contributed by atoms with Crippen LogP contribution in [-0.4, -0.2) is 68.5 Å². The quantitative estimate of drug-likeness (QED) is 0.0939. The van der Waals surface area contributed by atoms with E-state index in [1.807, 2.05) is 128 Å². The fraction of sp³-hybridized carbons (Fsp3) is 0.0762. The first-order chi connectivity index (χ1) is 62.1. The number of allylic oxidation sites excluding steroid dienone is 8. The first-order valence-electron chi connectivity index (χ1n) is 40.7. The zero-order chi connectivity index (χ0) is 89.0. The number of aliphatic hydroxyl groups excluding tert-OH is 4. The van der Waals surface area contributed by atoms with E-state index in [2.05, 4.69) is 158 Å². The molecular formula is C105H77Ir5N10O10S3-5. The smallest absolute Gasteiger partial charge is 0.155 e. The van der Waals surface area contributed by atoms with Gasteiger partial charge >= 0.3 is 0 Å². The Bertz CT molecular complexity index is 7620. The first-order valence-corrected chi connectivity index (χ1v) is 43.1. The average Bonchev–Trinajstić information content (AvgIpc) is 1.61. The molecule has 0 aliphatic carbocycles. The maximum absolute atomic E-state index is 10.0. The van der Waals surface area contributed by atoms with Gasteiger partial charge in [0.15, 0.2) is 34.3 Å². The molecule has 20 nitrogen and oxygen atoms in total. The fourth-order valence-corrected chi connectivity index (χ4v) is 19.0. The molecule has 0 atom stereocenters. The van der Waals surface area contributed by atoms with E-state index in [9.17, 15) is 19.2 Å². The number of benzene rings is 10. The number of fused-ring (bicyclic) bond motifs is 35. The van der Waals surface area contributed by atoms with Crippen LogP contribution in [0, 0.1) is 0 Å². The van der Waals surface area contributed by atoms with Gasteiger partial charge in [-0.25, -0.2) is 0 Å². The number of carbonyl (C=O) groups excluding carboxylic acids is 4. The summed E-state index contributed by atoms with van der Waals surface area (Å²) in [7, 11) is 0. The molecule has 0 unspecified atom stereocenters. The number of para-hydroxylation sites is 5. The van der Waals surface area contributed by atoms with Gasteiger partial charge in [-0.2, -0.15) is 0 Å². The Hall–Kier alpha value is -12.7. The molecule has 0 spiro atoms. The molecule has 0 bridgehead atoms. The number of nitrogens with zero attached hydrogens (tertiary/aromatic N) is 10. The molecule has 10 aromatic carbocycles. The Kier molecular flexibility index (Phi) is 32.7. The van der Waals surface area contributed by atoms with Crippen LogP contribution in [0.4, 0.5) is 0 Å². The van der Waals surface area contributed by atoms with E-state index in [0.29, 0.717) is 0 Å². The predicted octanol–water partition coefficient (Wildman–Crippen LogP) is 26.8. The molecule has 15 aromatic heterocycles. The van der Waals surface area contributed by atoms with Crippen LogP contribution in [0.5, 0.6) is 0 Å². The molecule has 0 saturated carbocycles. The van der Waals surface area contributed by atoms with Crippen LogP contribution in [0.2, 0.25) is 0 Å². The average molecular weight is 2700 g/mol. The molecule has 0 aliphatic rings. The van der Waals surface area contributed by atoms with Crippen LogP contribution in [0.25, 0.3) is 214 Å². The SMILES string of the molecule is CC(=O)C=C(C)O.CC(=O)C=C(C)O.CC(=O)C=C(C)O.CC(=O)C=C(C)O.[Ir].[Ir].[Ir].[Ir].[Ir].c1ccc2c(c1)[n-]c1c2ccc2oc3cccnc3c21.c1ccc2c(c1)[n-]c1c2ccc2oc3cccnc3c21.c1ccc2c(c1)[n-]c1c2ccc2sc3cccnc3c21.c1ccc2c(c1)[n-]c1c2ccc2sc3cccnc3c21.c1ccc2c(c1)[n-]c1c2ccc2sc3cccnc3c21. The predicted molar refractivity (Wildman–Crippen MR) is 524 cm³/mol. The van der Waals surface area contributed by atoms with E-state index in [4.69, 9.17) is 54.2 Å². The molecule has 133 heavy (non-hydrogen) atoms. The van der Waals surface area contributed by atoms with Gasteiger partial charge in [0.1, 0.15) is 22.2 Å². The molecule has 0 aliphatic heterocycles. The molecule has 15 heterocycles. The van der Waals surface area contributed by atoms with E-state index in [1.54, 1.807) is 46.4 Å². The standard InChI is InChI=1S/2C17H9N2O.3C17H9N2S.4C5H8O2.5Ir/c5*1-2-5-12-10(4-1)11-7-8-13-15(16(11)19-12)17-14(20-13)6-3-9-18-17;4*1-4(6)3-5(2)7;;;;;/h5*1-9H;4*3,6H,1-2H3;;;;;/q5*-1;;;;;;;;;. The van der Waals surface area contributed by atoms with Crippen molar-refractivity contribution in [3.05, 3.63) is 321 Å². The molecule has 4 N–H and O–H groups in total. The van der Waals surface area contributed by atoms with Crippen molar-refractivity contribution in [3.8, 4) is 0 Å². The second-order valence-electron chi connectivity index (χ2n) is 30.2. The third-order valence-electron chi connectivity index (χ3n) is 20.6. The molecule has 0 fully saturated rings. The number of hydrogen-bond donors (Lipinski definition) is 4. The Morgan fingerprint density at radius 2 is 0.459 bits per heavy atom. The van der Waals surface area contributed by atoms with Gasteiger partial charge in [0.05, 0.1) is 53.7 Å². The number of hydrogen-bond acceptors (Lipinski definition) is 18. The number of thiophene rings is 3. The summed E-state index contributed by atoms with van der Waals surface area (Å²) in [6.07, 6.45) is 13.8. The summed E-state index contributed by atoms with van der Waals surface area (Å²) in [5.74, 6) is -0.250. The summed E-state index contributed by atoms with van der Waals surface area (Å²) in [5.41, 5.74) is 18.7. The van der Waals surface area contributed by atoms with Crippen LogP contribution in [-0.2, 0) is 120 Å². The van der Waals surface area contributed by atoms with Gasteiger partial charge in [0.2, 0.25) is 0 Å². The van der Waals surface area contributed by atoms with Crippen molar-refractivity contribution < 1.29 is 149 Å². The Balaban J connectivity index is 0.000000139. The number of carbonyl (C=O) groups is 4. The van der Waals surface area contributed by atoms with Crippen LogP contribution in [0.15, 0.2) is 330 Å². The van der Waals surface area contributed by atoms with Gasteiger partial charge < -0.3 is 54.2 Å². The molecule has 28 heteroatoms. The van der Waals surface area contributed by atoms with Crippen LogP contribution in [0.1, 0.15) is 55.4 Å². The van der Waals surface area contributed by atoms with Crippen molar-refractivity contribution in [2.45, 2.75) is 55.4 Å². The summed E-state index contributed by atoms with van der Waals surface area (Å²) in [6, 6.07) is 82.6. The van der Waals surface area contributed by atoms with Crippen molar-refractivity contribution in [3.63, 3.8) is 0 Å². The van der Waals surface area contributed by atoms with Crippen LogP contribution in [0.3, 0.4) is 0 Å². The zero-order valence-electron chi connectivity index (χ0n) is 71.9. The number of pyridine rings is 5. The van der Waals surface area contributed by atoms with E-state index in [-0.39, 0.29) is 147 Å². The van der Waals surface area contributed by atoms with Crippen molar-refractivity contribution in [2.75, 3.05) is 0 Å². The normalized spacial score (nSPS) is 11.4. The third-order valence-corrected chi connectivity index (χ3v) is 23.9. The fourth-order valence-electron chi connectivity index (χ4n) is 15.8. The van der Waals surface area contributed by atoms with Crippen LogP contribution < -0.4 is 24.9 Å². The minimum absolute atomic E-state index is 0. The van der Waals surface area contributed by atoms with Gasteiger partial charge in [0, 0.05) is 197 Å². The van der Waals surface area contributed by atoms with E-state index >= 15 is 0 Å². The van der Waals surface area contributed by atoms with Crippen molar-refractivity contribution in [2.24, 2.45) is 0 Å². The Labute approximate surface area is 838 Å². The second-order valence-corrected chi connectivity index (χ2v) is 33.4. The van der Waals surface area contributed by atoms with Crippen molar-refractivity contribution in [1.29, 1.82) is 0 Å². The van der Waals surface area contributed by atoms with Gasteiger partial charge in [-0.05, 0) is 200 Å². The minimum atomic E-state index is -0.125. The number of aromatic nitrogens is 10. The summed E-state index contributed by atoms with van der Waals surface area (Å²) in [5, 5.41) is 51.0. The molecule has 5 radical (unpaired) electrons. The molecule has 0 amide bonds. The number of aliphatic hydroxyl groups is 4. The van der Waals surface area contributed by atoms with Gasteiger partial charge in [-0.15, -0.1) is 89.2 Å². The van der Waals surface area contributed by atoms with Gasteiger partial charge in [-0.1, -0.05) is 152 Å². The summed E-state index contributed by atoms with van der Waals surface area (Å²) in [4.78, 5) is 86.7. The van der Waals surface area contributed by atoms with Crippen LogP contribution >= 0.6 is 34.0 Å². The maximum Gasteiger partial charge on any atom is 0.155 e. The molecule has 675 valence electrons. The third kappa shape index (κ3) is 21.2. The number of furan rings is 2. The molecule has 25 rings (SSSR count). The Morgan fingerprint density at radius 1 is 0.241 bits per heavy atom. The van der Waals surface area contributed by atoms with Crippen molar-refractivity contribution in [1.82, 2.24) is 49.8 Å². The minimum Gasteiger partial charge on any atom is -0.656 e. The molecule has 25 aromatic rings. The largest absolute Gasteiger partial charge is 0.656 e. The number of ketones is 4. The summed E-state index contributed by atoms with van der Waals surface area (Å²) < 4.78 is 19.2. The zero-order valence-corrected chi connectivity index (χ0v) is 86.3. The van der Waals surface area contributed by atoms with Crippen molar-refractivity contribution >= 4 is 271 Å². The van der Waals surface area contributed by atoms with E-state index in [1.165, 1.54) is 167 Å². The monoisotopic (exact) mass is 2700 g/mol. The molecular weight excluding hydrogens is 2620 g/mol. The topological polar surface area (TPSA) is 310 Å². The van der Waals surface area contributed by atoms with Gasteiger partial charge in [0.25, 0.3) is 0 Å². The summed E-state index contributed by atoms with van der Waals surface area (Å²) >= 11 is 5.35. The second kappa shape index (κ2) is 43.8. The first kappa shape index (κ1) is 99.3. The van der Waals surface area contributed by atoms with Gasteiger partial charge in [-0.3, -0.25) is 44.1 Å². The van der Waals surface area contributed by atoms with E-state index in [0.717, 1.165) is 127 Å². The summed E-state index contributed by atoms with van der Waals surface area (Å²) in [6.45, 7) is 11.4. The molecule has 0 saturated heterocycles. The van der Waals surface area contributed by atoms with E-state index < -0.39 is 0 Å². The maximum atomic E-state index is 10.0. The Morgan fingerprint density at radius 3 is 0.692 bits per heavy atom. The number of rotatable bonds is 4.